The van der Waals surface area contributed by atoms with Gasteiger partial charge in [0.2, 0.25) is 0 Å². The predicted octanol–water partition coefficient (Wildman–Crippen LogP) is 11.7. The molecule has 1 rings (SSSR count). The fourth-order valence-electron chi connectivity index (χ4n) is 7.78. The van der Waals surface area contributed by atoms with Gasteiger partial charge >= 0.3 is 11.9 Å². The molecule has 0 spiro atoms. The molecule has 1 aliphatic rings. The highest BCUT2D eigenvalue weighted by atomic mass is 16.7. The van der Waals surface area contributed by atoms with Crippen molar-refractivity contribution in [3.05, 3.63) is 24.3 Å². The average molecular weight is 867 g/mol. The summed E-state index contributed by atoms with van der Waals surface area (Å²) >= 11 is 0. The first-order valence-corrected chi connectivity index (χ1v) is 25.4. The van der Waals surface area contributed by atoms with Crippen LogP contribution in [0.5, 0.6) is 0 Å². The minimum Gasteiger partial charge on any atom is -0.462 e. The summed E-state index contributed by atoms with van der Waals surface area (Å²) in [4.78, 5) is 25.4. The van der Waals surface area contributed by atoms with Gasteiger partial charge in [-0.25, -0.2) is 0 Å². The number of allylic oxidation sites excluding steroid dienone is 4. The Balaban J connectivity index is 2.24. The van der Waals surface area contributed by atoms with Crippen molar-refractivity contribution in [2.75, 3.05) is 19.8 Å². The summed E-state index contributed by atoms with van der Waals surface area (Å²) in [6.45, 7) is 3.40. The zero-order valence-electron chi connectivity index (χ0n) is 39.2. The third-order valence-corrected chi connectivity index (χ3v) is 11.8. The van der Waals surface area contributed by atoms with Gasteiger partial charge in [-0.1, -0.05) is 186 Å². The molecule has 1 aliphatic heterocycles. The second kappa shape index (κ2) is 42.1. The van der Waals surface area contributed by atoms with Crippen LogP contribution in [-0.2, 0) is 28.5 Å². The summed E-state index contributed by atoms with van der Waals surface area (Å²) < 4.78 is 22.2. The standard InChI is InChI=1S/C51H94O10/c1-3-5-7-9-11-13-15-17-18-19-20-21-22-23-24-25-26-28-29-31-33-35-37-39-46(53)58-42-44(43-59-51-50(57)49(56)48(55)45(41-52)61-51)60-47(54)40-38-36-34-32-30-27-16-14-12-10-8-6-4-2/h14,16,31,33,44-45,48-52,55-57H,3-13,15,17-30,32,34-43H2,1-2H3/b16-14+,33-31+/t44-,45-,48+,49?,50?,51-/m0/s1. The van der Waals surface area contributed by atoms with Crippen molar-refractivity contribution in [3.63, 3.8) is 0 Å². The zero-order valence-corrected chi connectivity index (χ0v) is 39.2. The monoisotopic (exact) mass is 867 g/mol. The Morgan fingerprint density at radius 2 is 0.885 bits per heavy atom. The molecule has 6 atom stereocenters. The molecule has 0 radical (unpaired) electrons. The summed E-state index contributed by atoms with van der Waals surface area (Å²) in [5.41, 5.74) is 0. The maximum Gasteiger partial charge on any atom is 0.306 e. The third-order valence-electron chi connectivity index (χ3n) is 11.8. The highest BCUT2D eigenvalue weighted by Crippen LogP contribution is 2.23. The predicted molar refractivity (Wildman–Crippen MR) is 247 cm³/mol. The highest BCUT2D eigenvalue weighted by Gasteiger charge is 2.44. The number of carbonyl (C=O) groups is 2. The van der Waals surface area contributed by atoms with Gasteiger partial charge in [0.05, 0.1) is 13.2 Å². The van der Waals surface area contributed by atoms with E-state index in [1.165, 1.54) is 141 Å². The van der Waals surface area contributed by atoms with Crippen molar-refractivity contribution in [2.24, 2.45) is 0 Å². The van der Waals surface area contributed by atoms with E-state index in [4.69, 9.17) is 18.9 Å². The van der Waals surface area contributed by atoms with Gasteiger partial charge in [0, 0.05) is 12.8 Å². The maximum absolute atomic E-state index is 12.8. The number of hydrogen-bond acceptors (Lipinski definition) is 10. The first-order chi connectivity index (χ1) is 29.8. The first kappa shape index (κ1) is 57.2. The molecule has 10 nitrogen and oxygen atoms in total. The average Bonchev–Trinajstić information content (AvgIpc) is 3.26. The molecular weight excluding hydrogens is 773 g/mol. The van der Waals surface area contributed by atoms with Gasteiger partial charge in [-0.05, 0) is 57.8 Å². The van der Waals surface area contributed by atoms with Crippen molar-refractivity contribution in [2.45, 2.75) is 269 Å². The number of aliphatic hydroxyl groups excluding tert-OH is 4. The minimum absolute atomic E-state index is 0.216. The molecular formula is C51H94O10. The smallest absolute Gasteiger partial charge is 0.306 e. The number of carbonyl (C=O) groups excluding carboxylic acids is 2. The molecule has 358 valence electrons. The maximum atomic E-state index is 12.8. The summed E-state index contributed by atoms with van der Waals surface area (Å²) in [6, 6.07) is 0. The van der Waals surface area contributed by atoms with Crippen LogP contribution in [0.3, 0.4) is 0 Å². The van der Waals surface area contributed by atoms with Gasteiger partial charge in [-0.2, -0.15) is 0 Å². The van der Waals surface area contributed by atoms with Gasteiger partial charge in [-0.3, -0.25) is 9.59 Å². The summed E-state index contributed by atoms with van der Waals surface area (Å²) in [7, 11) is 0. The molecule has 0 aromatic heterocycles. The molecule has 1 fully saturated rings. The molecule has 4 N–H and O–H groups in total. The van der Waals surface area contributed by atoms with Gasteiger partial charge in [0.25, 0.3) is 0 Å². The largest absolute Gasteiger partial charge is 0.462 e. The molecule has 0 aromatic rings. The number of ether oxygens (including phenoxy) is 4. The van der Waals surface area contributed by atoms with Crippen LogP contribution in [0.25, 0.3) is 0 Å². The molecule has 2 unspecified atom stereocenters. The SMILES string of the molecule is CCCCCC/C=C/CCCCCCCC(=O)O[C@@H](COC(=O)CCC/C=C/CCCCCCCCCCCCCCCCCCCC)CO[C@H]1O[C@@H](CO)[C@@H](O)C(O)C1O. The van der Waals surface area contributed by atoms with E-state index < -0.39 is 55.4 Å². The van der Waals surface area contributed by atoms with Crippen LogP contribution >= 0.6 is 0 Å². The van der Waals surface area contributed by atoms with Crippen molar-refractivity contribution >= 4 is 11.9 Å². The second-order valence-corrected chi connectivity index (χ2v) is 17.6. The van der Waals surface area contributed by atoms with Crippen molar-refractivity contribution in [1.82, 2.24) is 0 Å². The van der Waals surface area contributed by atoms with E-state index in [-0.39, 0.29) is 26.1 Å². The summed E-state index contributed by atoms with van der Waals surface area (Å²) in [6.07, 6.45) is 40.6. The zero-order chi connectivity index (χ0) is 44.4. The van der Waals surface area contributed by atoms with E-state index in [1.54, 1.807) is 0 Å². The Bertz CT molecular complexity index is 1050. The summed E-state index contributed by atoms with van der Waals surface area (Å²) in [5.74, 6) is -0.846. The molecule has 1 heterocycles. The topological polar surface area (TPSA) is 152 Å². The van der Waals surface area contributed by atoms with Crippen LogP contribution < -0.4 is 0 Å². The Morgan fingerprint density at radius 3 is 1.34 bits per heavy atom. The van der Waals surface area contributed by atoms with E-state index in [1.807, 2.05) is 0 Å². The lowest BCUT2D eigenvalue weighted by Gasteiger charge is -2.39. The number of rotatable bonds is 43. The number of unbranched alkanes of at least 4 members (excludes halogenated alkanes) is 28. The van der Waals surface area contributed by atoms with E-state index in [0.29, 0.717) is 12.8 Å². The molecule has 0 aromatic carbocycles. The van der Waals surface area contributed by atoms with Crippen LogP contribution in [-0.4, -0.2) is 89.0 Å². The second-order valence-electron chi connectivity index (χ2n) is 17.6. The Morgan fingerprint density at radius 1 is 0.492 bits per heavy atom. The van der Waals surface area contributed by atoms with Crippen LogP contribution in [0.1, 0.15) is 232 Å². The van der Waals surface area contributed by atoms with Gasteiger partial charge in [-0.15, -0.1) is 0 Å². The lowest BCUT2D eigenvalue weighted by atomic mass is 9.99. The fraction of sp³-hybridized carbons (Fsp3) is 0.882. The molecule has 0 amide bonds. The normalized spacial score (nSPS) is 19.9. The van der Waals surface area contributed by atoms with Crippen molar-refractivity contribution < 1.29 is 49.0 Å². The molecule has 0 saturated carbocycles. The lowest BCUT2D eigenvalue weighted by Crippen LogP contribution is -2.59. The molecule has 0 aliphatic carbocycles. The van der Waals surface area contributed by atoms with E-state index in [2.05, 4.69) is 38.2 Å². The van der Waals surface area contributed by atoms with Crippen LogP contribution in [0.15, 0.2) is 24.3 Å². The number of aliphatic hydroxyl groups is 4. The van der Waals surface area contributed by atoms with Crippen molar-refractivity contribution in [3.8, 4) is 0 Å². The van der Waals surface area contributed by atoms with Crippen LogP contribution in [0, 0.1) is 0 Å². The van der Waals surface area contributed by atoms with Gasteiger partial charge in [0.15, 0.2) is 12.4 Å². The van der Waals surface area contributed by atoms with Gasteiger partial charge in [0.1, 0.15) is 31.0 Å². The fourth-order valence-corrected chi connectivity index (χ4v) is 7.78. The van der Waals surface area contributed by atoms with E-state index >= 15 is 0 Å². The molecule has 1 saturated heterocycles. The molecule has 0 bridgehead atoms. The van der Waals surface area contributed by atoms with E-state index in [9.17, 15) is 30.0 Å². The van der Waals surface area contributed by atoms with Crippen LogP contribution in [0.2, 0.25) is 0 Å². The van der Waals surface area contributed by atoms with E-state index in [0.717, 1.165) is 51.4 Å². The lowest BCUT2D eigenvalue weighted by molar-refractivity contribution is -0.305. The molecule has 10 heteroatoms. The number of esters is 2. The minimum atomic E-state index is -1.60. The Hall–Kier alpha value is -1.82. The first-order valence-electron chi connectivity index (χ1n) is 25.4. The summed E-state index contributed by atoms with van der Waals surface area (Å²) in [5, 5.41) is 40.1. The van der Waals surface area contributed by atoms with Gasteiger partial charge < -0.3 is 39.4 Å². The van der Waals surface area contributed by atoms with Crippen LogP contribution in [0.4, 0.5) is 0 Å². The third kappa shape index (κ3) is 33.4. The Kier molecular flexibility index (Phi) is 39.5. The number of hydrogen-bond donors (Lipinski definition) is 4. The molecule has 61 heavy (non-hydrogen) atoms. The van der Waals surface area contributed by atoms with Crippen molar-refractivity contribution in [1.29, 1.82) is 0 Å². The highest BCUT2D eigenvalue weighted by molar-refractivity contribution is 5.70. The Labute approximate surface area is 373 Å². The quantitative estimate of drug-likeness (QED) is 0.0265.